The Hall–Kier alpha value is -3.84. The van der Waals surface area contributed by atoms with E-state index >= 15 is 0 Å². The van der Waals surface area contributed by atoms with E-state index in [0.29, 0.717) is 36.8 Å². The molecule has 0 bridgehead atoms. The number of ether oxygens (including phenoxy) is 1. The average Bonchev–Trinajstić information content (AvgIpc) is 3.50. The highest BCUT2D eigenvalue weighted by molar-refractivity contribution is 6.46. The maximum Gasteiger partial charge on any atom is 0.295 e. The minimum atomic E-state index is -0.784. The van der Waals surface area contributed by atoms with Crippen LogP contribution >= 0.6 is 0 Å². The fourth-order valence-corrected chi connectivity index (χ4v) is 4.48. The van der Waals surface area contributed by atoms with Crippen molar-refractivity contribution < 1.29 is 23.8 Å². The number of rotatable bonds is 10. The van der Waals surface area contributed by atoms with Gasteiger partial charge in [-0.1, -0.05) is 43.7 Å². The average molecular weight is 489 g/mol. The molecule has 1 unspecified atom stereocenters. The highest BCUT2D eigenvalue weighted by atomic mass is 16.5. The van der Waals surface area contributed by atoms with Gasteiger partial charge in [-0.05, 0) is 62.0 Å². The van der Waals surface area contributed by atoms with E-state index in [1.165, 1.54) is 11.2 Å². The molecular formula is C29H32N2O5. The van der Waals surface area contributed by atoms with Crippen LogP contribution < -0.4 is 4.74 Å². The molecule has 188 valence electrons. The number of carbonyl (C=O) groups is 2. The molecule has 7 nitrogen and oxygen atoms in total. The zero-order valence-electron chi connectivity index (χ0n) is 20.9. The van der Waals surface area contributed by atoms with Crippen LogP contribution in [-0.2, 0) is 16.2 Å². The Morgan fingerprint density at radius 1 is 1.06 bits per heavy atom. The third-order valence-corrected chi connectivity index (χ3v) is 6.52. The van der Waals surface area contributed by atoms with Crippen LogP contribution in [0.1, 0.15) is 42.3 Å². The molecule has 1 N–H and O–H groups in total. The summed E-state index contributed by atoms with van der Waals surface area (Å²) < 4.78 is 11.5. The van der Waals surface area contributed by atoms with Gasteiger partial charge < -0.3 is 24.1 Å². The van der Waals surface area contributed by atoms with E-state index in [0.717, 1.165) is 24.2 Å². The number of likely N-dealkylation sites (tertiary alicyclic amines) is 1. The first-order valence-electron chi connectivity index (χ1n) is 12.3. The van der Waals surface area contributed by atoms with Crippen molar-refractivity contribution in [2.45, 2.75) is 33.4 Å². The Labute approximate surface area is 211 Å². The lowest BCUT2D eigenvalue weighted by Crippen LogP contribution is -2.37. The molecule has 1 aliphatic rings. The quantitative estimate of drug-likeness (QED) is 0.248. The summed E-state index contributed by atoms with van der Waals surface area (Å²) in [6.45, 7) is 9.19. The number of benzene rings is 2. The number of furan rings is 1. The highest BCUT2D eigenvalue weighted by Crippen LogP contribution is 2.39. The Bertz CT molecular complexity index is 1230. The van der Waals surface area contributed by atoms with Crippen molar-refractivity contribution in [3.05, 3.63) is 95.0 Å². The normalized spacial score (nSPS) is 17.2. The second-order valence-corrected chi connectivity index (χ2v) is 8.84. The predicted octanol–water partition coefficient (Wildman–Crippen LogP) is 4.93. The summed E-state index contributed by atoms with van der Waals surface area (Å²) in [6, 6.07) is 17.6. The van der Waals surface area contributed by atoms with Gasteiger partial charge in [0.15, 0.2) is 0 Å². The largest absolute Gasteiger partial charge is 0.507 e. The Balaban J connectivity index is 1.59. The standard InChI is InChI=1S/C29H32N2O5/c1-4-30(5-2)15-16-31-26(24-10-7-17-35-24)25(28(33)29(31)34)27(32)22-11-13-23(14-12-22)36-19-21-9-6-8-20(3)18-21/h6-14,17-18,26,32H,4-5,15-16,19H2,1-3H3/b27-25+. The number of ketones is 1. The molecule has 0 radical (unpaired) electrons. The Morgan fingerprint density at radius 2 is 1.81 bits per heavy atom. The fourth-order valence-electron chi connectivity index (χ4n) is 4.48. The molecule has 4 rings (SSSR count). The lowest BCUT2D eigenvalue weighted by atomic mass is 9.99. The molecule has 3 aromatic rings. The maximum atomic E-state index is 13.1. The second kappa shape index (κ2) is 11.3. The van der Waals surface area contributed by atoms with Gasteiger partial charge in [0.1, 0.15) is 29.9 Å². The third kappa shape index (κ3) is 5.36. The van der Waals surface area contributed by atoms with Crippen LogP contribution in [0, 0.1) is 6.92 Å². The lowest BCUT2D eigenvalue weighted by molar-refractivity contribution is -0.140. The molecule has 7 heteroatoms. The molecule has 1 atom stereocenters. The molecule has 36 heavy (non-hydrogen) atoms. The van der Waals surface area contributed by atoms with Crippen molar-refractivity contribution in [2.24, 2.45) is 0 Å². The van der Waals surface area contributed by atoms with Crippen molar-refractivity contribution in [1.29, 1.82) is 0 Å². The van der Waals surface area contributed by atoms with E-state index < -0.39 is 17.7 Å². The van der Waals surface area contributed by atoms with E-state index in [9.17, 15) is 14.7 Å². The number of Topliss-reactive ketones (excluding diaryl/α,β-unsaturated/α-hetero) is 1. The topological polar surface area (TPSA) is 83.2 Å². The van der Waals surface area contributed by atoms with Crippen LogP contribution in [0.5, 0.6) is 5.75 Å². The number of aliphatic hydroxyl groups is 1. The van der Waals surface area contributed by atoms with Crippen LogP contribution in [0.3, 0.4) is 0 Å². The third-order valence-electron chi connectivity index (χ3n) is 6.52. The first kappa shape index (κ1) is 25.3. The van der Waals surface area contributed by atoms with Gasteiger partial charge in [0.2, 0.25) is 0 Å². The van der Waals surface area contributed by atoms with Gasteiger partial charge in [0.25, 0.3) is 11.7 Å². The van der Waals surface area contributed by atoms with Crippen LogP contribution in [0.4, 0.5) is 0 Å². The van der Waals surface area contributed by atoms with Crippen LogP contribution in [0.25, 0.3) is 5.76 Å². The van der Waals surface area contributed by atoms with Crippen molar-refractivity contribution in [2.75, 3.05) is 26.2 Å². The Kier molecular flexibility index (Phi) is 7.90. The van der Waals surface area contributed by atoms with Gasteiger partial charge >= 0.3 is 0 Å². The zero-order chi connectivity index (χ0) is 25.7. The van der Waals surface area contributed by atoms with Crippen molar-refractivity contribution >= 4 is 17.4 Å². The molecule has 0 aliphatic carbocycles. The zero-order valence-corrected chi connectivity index (χ0v) is 20.9. The first-order valence-corrected chi connectivity index (χ1v) is 12.3. The van der Waals surface area contributed by atoms with Gasteiger partial charge in [-0.3, -0.25) is 9.59 Å². The van der Waals surface area contributed by atoms with Gasteiger partial charge in [-0.15, -0.1) is 0 Å². The smallest absolute Gasteiger partial charge is 0.295 e. The number of likely N-dealkylation sites (N-methyl/N-ethyl adjacent to an activating group) is 1. The summed E-state index contributed by atoms with van der Waals surface area (Å²) in [5.74, 6) is -0.509. The van der Waals surface area contributed by atoms with Crippen molar-refractivity contribution in [3.8, 4) is 5.75 Å². The first-order chi connectivity index (χ1) is 17.4. The minimum absolute atomic E-state index is 0.0305. The molecule has 1 fully saturated rings. The second-order valence-electron chi connectivity index (χ2n) is 8.84. The molecule has 2 heterocycles. The Morgan fingerprint density at radius 3 is 2.44 bits per heavy atom. The van der Waals surface area contributed by atoms with Crippen molar-refractivity contribution in [1.82, 2.24) is 9.80 Å². The molecule has 0 spiro atoms. The monoisotopic (exact) mass is 488 g/mol. The maximum absolute atomic E-state index is 13.1. The number of hydrogen-bond donors (Lipinski definition) is 1. The van der Waals surface area contributed by atoms with Crippen LogP contribution in [-0.4, -0.2) is 52.8 Å². The van der Waals surface area contributed by atoms with E-state index in [-0.39, 0.29) is 11.3 Å². The van der Waals surface area contributed by atoms with Crippen LogP contribution in [0.2, 0.25) is 0 Å². The number of aryl methyl sites for hydroxylation is 1. The summed E-state index contributed by atoms with van der Waals surface area (Å²) >= 11 is 0. The molecule has 1 amide bonds. The predicted molar refractivity (Wildman–Crippen MR) is 137 cm³/mol. The van der Waals surface area contributed by atoms with E-state index in [2.05, 4.69) is 24.8 Å². The SMILES string of the molecule is CCN(CC)CCN1C(=O)C(=O)/C(=C(/O)c2ccc(OCc3cccc(C)c3)cc2)C1c1ccco1. The summed E-state index contributed by atoms with van der Waals surface area (Å²) in [6.07, 6.45) is 1.50. The van der Waals surface area contributed by atoms with E-state index in [1.54, 1.807) is 36.4 Å². The molecule has 1 saturated heterocycles. The number of amides is 1. The molecule has 0 saturated carbocycles. The molecule has 1 aromatic heterocycles. The van der Waals surface area contributed by atoms with Crippen LogP contribution in [0.15, 0.2) is 76.9 Å². The molecule has 1 aliphatic heterocycles. The van der Waals surface area contributed by atoms with Gasteiger partial charge in [-0.2, -0.15) is 0 Å². The van der Waals surface area contributed by atoms with E-state index in [4.69, 9.17) is 9.15 Å². The lowest BCUT2D eigenvalue weighted by Gasteiger charge is -2.26. The minimum Gasteiger partial charge on any atom is -0.507 e. The molecule has 2 aromatic carbocycles. The van der Waals surface area contributed by atoms with Gasteiger partial charge in [0, 0.05) is 18.7 Å². The number of hydrogen-bond acceptors (Lipinski definition) is 6. The number of carbonyl (C=O) groups excluding carboxylic acids is 2. The number of nitrogens with zero attached hydrogens (tertiary/aromatic N) is 2. The van der Waals surface area contributed by atoms with Crippen molar-refractivity contribution in [3.63, 3.8) is 0 Å². The summed E-state index contributed by atoms with van der Waals surface area (Å²) in [5.41, 5.74) is 2.68. The van der Waals surface area contributed by atoms with Gasteiger partial charge in [-0.25, -0.2) is 0 Å². The van der Waals surface area contributed by atoms with Gasteiger partial charge in [0.05, 0.1) is 11.8 Å². The number of aliphatic hydroxyl groups excluding tert-OH is 1. The summed E-state index contributed by atoms with van der Waals surface area (Å²) in [4.78, 5) is 29.7. The highest BCUT2D eigenvalue weighted by Gasteiger charge is 2.47. The summed E-state index contributed by atoms with van der Waals surface area (Å²) in [5, 5.41) is 11.2. The van der Waals surface area contributed by atoms with E-state index in [1.807, 2.05) is 25.1 Å². The fraction of sp³-hybridized carbons (Fsp3) is 0.310. The molecular weight excluding hydrogens is 456 g/mol. The summed E-state index contributed by atoms with van der Waals surface area (Å²) in [7, 11) is 0.